The Kier molecular flexibility index (Phi) is 5.52. The van der Waals surface area contributed by atoms with E-state index in [4.69, 9.17) is 0 Å². The van der Waals surface area contributed by atoms with Crippen molar-refractivity contribution < 1.29 is 8.42 Å². The molecule has 7 heteroatoms. The van der Waals surface area contributed by atoms with E-state index in [1.54, 1.807) is 24.9 Å². The first-order chi connectivity index (χ1) is 7.80. The second-order valence-electron chi connectivity index (χ2n) is 3.85. The predicted octanol–water partition coefficient (Wildman–Crippen LogP) is 3.19. The summed E-state index contributed by atoms with van der Waals surface area (Å²) in [4.78, 5) is 0. The average Bonchev–Trinajstić information content (AvgIpc) is 2.59. The molecule has 0 aliphatic rings. The summed E-state index contributed by atoms with van der Waals surface area (Å²) in [6.45, 7) is 3.81. The SMILES string of the molecule is CSCC(C)N(C)S(=O)(=O)c1cc(C)c(Br)s1. The molecule has 0 bridgehead atoms. The summed E-state index contributed by atoms with van der Waals surface area (Å²) in [5.74, 6) is 0.793. The van der Waals surface area contributed by atoms with E-state index in [0.29, 0.717) is 4.21 Å². The van der Waals surface area contributed by atoms with Gasteiger partial charge in [-0.3, -0.25) is 0 Å². The highest BCUT2D eigenvalue weighted by Crippen LogP contribution is 2.32. The van der Waals surface area contributed by atoms with Crippen molar-refractivity contribution in [2.75, 3.05) is 19.1 Å². The van der Waals surface area contributed by atoms with Gasteiger partial charge in [0, 0.05) is 18.8 Å². The number of thiophene rings is 1. The monoisotopic (exact) mass is 357 g/mol. The van der Waals surface area contributed by atoms with Crippen LogP contribution in [0.4, 0.5) is 0 Å². The van der Waals surface area contributed by atoms with Crippen LogP contribution in [0.2, 0.25) is 0 Å². The molecule has 0 spiro atoms. The zero-order valence-corrected chi connectivity index (χ0v) is 14.3. The van der Waals surface area contributed by atoms with E-state index in [2.05, 4.69) is 15.9 Å². The second-order valence-corrected chi connectivity index (χ2v) is 9.35. The Morgan fingerprint density at radius 3 is 2.59 bits per heavy atom. The molecule has 98 valence electrons. The van der Waals surface area contributed by atoms with Gasteiger partial charge in [-0.25, -0.2) is 8.42 Å². The Morgan fingerprint density at radius 1 is 1.59 bits per heavy atom. The minimum Gasteiger partial charge on any atom is -0.206 e. The summed E-state index contributed by atoms with van der Waals surface area (Å²) < 4.78 is 27.4. The summed E-state index contributed by atoms with van der Waals surface area (Å²) in [7, 11) is -1.72. The van der Waals surface area contributed by atoms with Gasteiger partial charge in [0.05, 0.1) is 3.79 Å². The molecule has 0 radical (unpaired) electrons. The molecule has 1 aromatic heterocycles. The Balaban J connectivity index is 3.02. The van der Waals surface area contributed by atoms with Crippen molar-refractivity contribution in [1.29, 1.82) is 0 Å². The normalized spacial score (nSPS) is 14.2. The van der Waals surface area contributed by atoms with Crippen molar-refractivity contribution in [2.45, 2.75) is 24.1 Å². The van der Waals surface area contributed by atoms with Gasteiger partial charge in [0.15, 0.2) is 0 Å². The topological polar surface area (TPSA) is 37.4 Å². The zero-order chi connectivity index (χ0) is 13.2. The molecule has 0 amide bonds. The number of halogens is 1. The first-order valence-electron chi connectivity index (χ1n) is 5.03. The number of hydrogen-bond donors (Lipinski definition) is 0. The van der Waals surface area contributed by atoms with E-state index in [0.717, 1.165) is 15.1 Å². The Labute approximate surface area is 120 Å². The molecule has 3 nitrogen and oxygen atoms in total. The molecule has 0 aromatic carbocycles. The molecule has 1 rings (SSSR count). The van der Waals surface area contributed by atoms with Crippen molar-refractivity contribution >= 4 is 49.1 Å². The summed E-state index contributed by atoms with van der Waals surface area (Å²) in [6, 6.07) is 1.71. The molecule has 0 saturated carbocycles. The van der Waals surface area contributed by atoms with Crippen LogP contribution < -0.4 is 0 Å². The lowest BCUT2D eigenvalue weighted by Crippen LogP contribution is -2.36. The van der Waals surface area contributed by atoms with Gasteiger partial charge in [-0.05, 0) is 47.7 Å². The Bertz CT molecular complexity index is 464. The van der Waals surface area contributed by atoms with Crippen LogP contribution in [0.5, 0.6) is 0 Å². The molecule has 0 fully saturated rings. The van der Waals surface area contributed by atoms with Crippen LogP contribution in [0.15, 0.2) is 14.1 Å². The molecule has 1 atom stereocenters. The van der Waals surface area contributed by atoms with Crippen LogP contribution in [0.25, 0.3) is 0 Å². The molecular formula is C10H16BrNO2S3. The Hall–Kier alpha value is 0.440. The molecule has 0 N–H and O–H groups in total. The summed E-state index contributed by atoms with van der Waals surface area (Å²) in [5, 5.41) is 0. The number of nitrogens with zero attached hydrogens (tertiary/aromatic N) is 1. The van der Waals surface area contributed by atoms with Crippen LogP contribution in [0.1, 0.15) is 12.5 Å². The van der Waals surface area contributed by atoms with Gasteiger partial charge < -0.3 is 0 Å². The predicted molar refractivity (Wildman–Crippen MR) is 79.5 cm³/mol. The van der Waals surface area contributed by atoms with Crippen molar-refractivity contribution in [3.8, 4) is 0 Å². The molecule has 1 unspecified atom stereocenters. The maximum absolute atomic E-state index is 12.3. The lowest BCUT2D eigenvalue weighted by molar-refractivity contribution is 0.416. The summed E-state index contributed by atoms with van der Waals surface area (Å²) in [5.41, 5.74) is 0.958. The van der Waals surface area contributed by atoms with E-state index in [1.165, 1.54) is 15.6 Å². The van der Waals surface area contributed by atoms with Crippen molar-refractivity contribution in [2.24, 2.45) is 0 Å². The standard InChI is InChI=1S/C10H16BrNO2S3/c1-7-5-9(16-10(7)11)17(13,14)12(3)8(2)6-15-4/h5,8H,6H2,1-4H3. The van der Waals surface area contributed by atoms with Gasteiger partial charge >= 0.3 is 0 Å². The highest BCUT2D eigenvalue weighted by Gasteiger charge is 2.27. The average molecular weight is 358 g/mol. The van der Waals surface area contributed by atoms with Crippen LogP contribution in [0, 0.1) is 6.92 Å². The fourth-order valence-electron chi connectivity index (χ4n) is 1.28. The molecule has 1 heterocycles. The smallest absolute Gasteiger partial charge is 0.206 e. The van der Waals surface area contributed by atoms with Gasteiger partial charge in [-0.2, -0.15) is 16.1 Å². The van der Waals surface area contributed by atoms with E-state index >= 15 is 0 Å². The number of aryl methyl sites for hydroxylation is 1. The van der Waals surface area contributed by atoms with Crippen LogP contribution >= 0.6 is 39.0 Å². The van der Waals surface area contributed by atoms with Crippen LogP contribution in [-0.4, -0.2) is 37.8 Å². The molecule has 1 aromatic rings. The summed E-state index contributed by atoms with van der Waals surface area (Å²) >= 11 is 6.27. The first-order valence-corrected chi connectivity index (χ1v) is 9.48. The number of rotatable bonds is 5. The van der Waals surface area contributed by atoms with E-state index in [1.807, 2.05) is 20.1 Å². The third-order valence-corrected chi connectivity index (χ3v) is 7.87. The molecule has 0 saturated heterocycles. The number of hydrogen-bond acceptors (Lipinski definition) is 4. The molecule has 0 aliphatic carbocycles. The third-order valence-electron chi connectivity index (χ3n) is 2.50. The van der Waals surface area contributed by atoms with Crippen LogP contribution in [0.3, 0.4) is 0 Å². The fraction of sp³-hybridized carbons (Fsp3) is 0.600. The maximum atomic E-state index is 12.3. The van der Waals surface area contributed by atoms with E-state index in [-0.39, 0.29) is 6.04 Å². The highest BCUT2D eigenvalue weighted by atomic mass is 79.9. The Morgan fingerprint density at radius 2 is 2.18 bits per heavy atom. The minimum absolute atomic E-state index is 0.00354. The molecular weight excluding hydrogens is 342 g/mol. The lowest BCUT2D eigenvalue weighted by Gasteiger charge is -2.22. The van der Waals surface area contributed by atoms with Crippen molar-refractivity contribution in [3.63, 3.8) is 0 Å². The van der Waals surface area contributed by atoms with Gasteiger partial charge in [-0.15, -0.1) is 11.3 Å². The van der Waals surface area contributed by atoms with Gasteiger partial charge in [-0.1, -0.05) is 0 Å². The fourth-order valence-corrected chi connectivity index (χ4v) is 5.86. The molecule has 17 heavy (non-hydrogen) atoms. The second kappa shape index (κ2) is 6.06. The summed E-state index contributed by atoms with van der Waals surface area (Å²) in [6.07, 6.45) is 1.98. The van der Waals surface area contributed by atoms with E-state index < -0.39 is 10.0 Å². The van der Waals surface area contributed by atoms with Crippen molar-refractivity contribution in [1.82, 2.24) is 4.31 Å². The minimum atomic E-state index is -3.35. The van der Waals surface area contributed by atoms with E-state index in [9.17, 15) is 8.42 Å². The van der Waals surface area contributed by atoms with Gasteiger partial charge in [0.1, 0.15) is 4.21 Å². The first kappa shape index (κ1) is 15.5. The van der Waals surface area contributed by atoms with Gasteiger partial charge in [0.2, 0.25) is 0 Å². The van der Waals surface area contributed by atoms with Gasteiger partial charge in [0.25, 0.3) is 10.0 Å². The van der Waals surface area contributed by atoms with Crippen LogP contribution in [-0.2, 0) is 10.0 Å². The zero-order valence-electron chi connectivity index (χ0n) is 10.2. The van der Waals surface area contributed by atoms with Crippen molar-refractivity contribution in [3.05, 3.63) is 15.4 Å². The quantitative estimate of drug-likeness (QED) is 0.811. The third kappa shape index (κ3) is 3.47. The molecule has 0 aliphatic heterocycles. The maximum Gasteiger partial charge on any atom is 0.252 e. The largest absolute Gasteiger partial charge is 0.252 e. The highest BCUT2D eigenvalue weighted by molar-refractivity contribution is 9.11. The lowest BCUT2D eigenvalue weighted by atomic mass is 10.4. The number of sulfonamides is 1. The number of thioether (sulfide) groups is 1.